The highest BCUT2D eigenvalue weighted by Gasteiger charge is 2.28. The van der Waals surface area contributed by atoms with Crippen LogP contribution in [0, 0.1) is 6.92 Å². The zero-order valence-electron chi connectivity index (χ0n) is 12.4. The monoisotopic (exact) mass is 312 g/mol. The highest BCUT2D eigenvalue weighted by Crippen LogP contribution is 2.07. The molecule has 2 rings (SSSR count). The summed E-state index contributed by atoms with van der Waals surface area (Å²) in [5.41, 5.74) is 1.71. The Balaban J connectivity index is 2.09. The maximum absolute atomic E-state index is 12.1. The van der Waals surface area contributed by atoms with Crippen LogP contribution in [0.3, 0.4) is 0 Å². The molecule has 0 aliphatic heterocycles. The van der Waals surface area contributed by atoms with Crippen LogP contribution in [-0.2, 0) is 9.59 Å². The molecule has 6 heteroatoms. The van der Waals surface area contributed by atoms with Crippen LogP contribution in [0.2, 0.25) is 0 Å². The van der Waals surface area contributed by atoms with E-state index < -0.39 is 23.8 Å². The minimum atomic E-state index is -1.68. The smallest absolute Gasteiger partial charge is 0.336 e. The highest BCUT2D eigenvalue weighted by atomic mass is 16.4. The molecule has 0 radical (unpaired) electrons. The van der Waals surface area contributed by atoms with Gasteiger partial charge in [0.1, 0.15) is 0 Å². The summed E-state index contributed by atoms with van der Waals surface area (Å²) < 4.78 is 0. The van der Waals surface area contributed by atoms with Crippen molar-refractivity contribution in [1.82, 2.24) is 5.32 Å². The molecule has 0 fully saturated rings. The number of anilines is 1. The second kappa shape index (κ2) is 7.22. The zero-order valence-corrected chi connectivity index (χ0v) is 12.4. The number of aryl methyl sites for hydroxylation is 1. The van der Waals surface area contributed by atoms with E-state index in [9.17, 15) is 19.5 Å². The van der Waals surface area contributed by atoms with E-state index in [1.165, 1.54) is 0 Å². The molecule has 118 valence electrons. The number of amides is 2. The molecule has 0 aliphatic carbocycles. The van der Waals surface area contributed by atoms with E-state index in [2.05, 4.69) is 10.6 Å². The predicted molar refractivity (Wildman–Crippen MR) is 85.1 cm³/mol. The molecular formula is C17H16N2O4. The fraction of sp³-hybridized carbons (Fsp3) is 0.118. The van der Waals surface area contributed by atoms with Crippen molar-refractivity contribution in [3.63, 3.8) is 0 Å². The standard InChI is InChI=1S/C17H16N2O4/c1-11-7-9-12(10-8-11)15(20)19-14(17(22)23)16(21)18-13-5-3-2-4-6-13/h2-10,14H,1H3,(H,18,21)(H,19,20)(H,22,23)/t14-/m1/s1. The van der Waals surface area contributed by atoms with Crippen LogP contribution in [0.4, 0.5) is 5.69 Å². The van der Waals surface area contributed by atoms with E-state index in [1.54, 1.807) is 54.6 Å². The number of nitrogens with one attached hydrogen (secondary N) is 2. The van der Waals surface area contributed by atoms with Gasteiger partial charge < -0.3 is 15.7 Å². The fourth-order valence-electron chi connectivity index (χ4n) is 1.89. The molecule has 0 unspecified atom stereocenters. The fourth-order valence-corrected chi connectivity index (χ4v) is 1.89. The Morgan fingerprint density at radius 3 is 2.13 bits per heavy atom. The van der Waals surface area contributed by atoms with Gasteiger partial charge in [-0.2, -0.15) is 0 Å². The molecular weight excluding hydrogens is 296 g/mol. The third kappa shape index (κ3) is 4.41. The van der Waals surface area contributed by atoms with Gasteiger partial charge in [-0.3, -0.25) is 9.59 Å². The Morgan fingerprint density at radius 2 is 1.57 bits per heavy atom. The van der Waals surface area contributed by atoms with Gasteiger partial charge in [0, 0.05) is 11.3 Å². The predicted octanol–water partition coefficient (Wildman–Crippen LogP) is 1.82. The minimum Gasteiger partial charge on any atom is -0.479 e. The van der Waals surface area contributed by atoms with Crippen LogP contribution in [0.15, 0.2) is 54.6 Å². The normalized spacial score (nSPS) is 11.3. The number of hydrogen-bond acceptors (Lipinski definition) is 3. The SMILES string of the molecule is Cc1ccc(C(=O)N[C@@H](C(=O)O)C(=O)Nc2ccccc2)cc1. The van der Waals surface area contributed by atoms with E-state index in [0.717, 1.165) is 5.56 Å². The molecule has 2 aromatic rings. The number of benzene rings is 2. The first kappa shape index (κ1) is 16.2. The van der Waals surface area contributed by atoms with Crippen LogP contribution in [0.5, 0.6) is 0 Å². The van der Waals surface area contributed by atoms with E-state index in [-0.39, 0.29) is 5.56 Å². The third-order valence-electron chi connectivity index (χ3n) is 3.14. The number of rotatable bonds is 5. The van der Waals surface area contributed by atoms with E-state index in [1.807, 2.05) is 6.92 Å². The maximum atomic E-state index is 12.1. The molecule has 0 spiro atoms. The number of carboxylic acids is 1. The van der Waals surface area contributed by atoms with Crippen molar-refractivity contribution in [2.24, 2.45) is 0 Å². The Hall–Kier alpha value is -3.15. The van der Waals surface area contributed by atoms with Crippen molar-refractivity contribution in [3.8, 4) is 0 Å². The molecule has 0 saturated heterocycles. The summed E-state index contributed by atoms with van der Waals surface area (Å²) in [6.07, 6.45) is 0. The second-order valence-corrected chi connectivity index (χ2v) is 4.97. The number of carboxylic acid groups (broad SMARTS) is 1. The van der Waals surface area contributed by atoms with Gasteiger partial charge >= 0.3 is 5.97 Å². The molecule has 0 saturated carbocycles. The lowest BCUT2D eigenvalue weighted by atomic mass is 10.1. The molecule has 23 heavy (non-hydrogen) atoms. The number of para-hydroxylation sites is 1. The molecule has 2 aromatic carbocycles. The molecule has 0 aromatic heterocycles. The molecule has 3 N–H and O–H groups in total. The van der Waals surface area contributed by atoms with Gasteiger partial charge in [-0.15, -0.1) is 0 Å². The van der Waals surface area contributed by atoms with Crippen LogP contribution in [0.1, 0.15) is 15.9 Å². The number of carbonyl (C=O) groups excluding carboxylic acids is 2. The van der Waals surface area contributed by atoms with Crippen molar-refractivity contribution in [3.05, 3.63) is 65.7 Å². The quantitative estimate of drug-likeness (QED) is 0.734. The first-order valence-electron chi connectivity index (χ1n) is 6.93. The van der Waals surface area contributed by atoms with Crippen LogP contribution in [0.25, 0.3) is 0 Å². The molecule has 1 atom stereocenters. The van der Waals surface area contributed by atoms with Crippen molar-refractivity contribution in [2.75, 3.05) is 5.32 Å². The lowest BCUT2D eigenvalue weighted by Gasteiger charge is -2.14. The largest absolute Gasteiger partial charge is 0.479 e. The summed E-state index contributed by atoms with van der Waals surface area (Å²) in [4.78, 5) is 35.4. The number of hydrogen-bond donors (Lipinski definition) is 3. The minimum absolute atomic E-state index is 0.286. The average Bonchev–Trinajstić information content (AvgIpc) is 2.53. The summed E-state index contributed by atoms with van der Waals surface area (Å²) >= 11 is 0. The van der Waals surface area contributed by atoms with Gasteiger partial charge in [-0.1, -0.05) is 35.9 Å². The third-order valence-corrected chi connectivity index (χ3v) is 3.14. The topological polar surface area (TPSA) is 95.5 Å². The maximum Gasteiger partial charge on any atom is 0.336 e. The Morgan fingerprint density at radius 1 is 0.957 bits per heavy atom. The van der Waals surface area contributed by atoms with Crippen molar-refractivity contribution in [2.45, 2.75) is 13.0 Å². The molecule has 0 aliphatic rings. The summed E-state index contributed by atoms with van der Waals surface area (Å²) in [6.45, 7) is 1.87. The average molecular weight is 312 g/mol. The van der Waals surface area contributed by atoms with E-state index in [0.29, 0.717) is 5.69 Å². The lowest BCUT2D eigenvalue weighted by molar-refractivity contribution is -0.142. The van der Waals surface area contributed by atoms with E-state index >= 15 is 0 Å². The molecule has 0 bridgehead atoms. The molecule has 0 heterocycles. The molecule has 6 nitrogen and oxygen atoms in total. The van der Waals surface area contributed by atoms with Gasteiger partial charge in [-0.25, -0.2) is 4.79 Å². The number of carbonyl (C=O) groups is 3. The van der Waals surface area contributed by atoms with Crippen molar-refractivity contribution >= 4 is 23.5 Å². The highest BCUT2D eigenvalue weighted by molar-refractivity contribution is 6.11. The summed E-state index contributed by atoms with van der Waals surface area (Å²) in [6, 6.07) is 13.3. The van der Waals surface area contributed by atoms with Gasteiger partial charge in [0.2, 0.25) is 6.04 Å². The van der Waals surface area contributed by atoms with E-state index in [4.69, 9.17) is 0 Å². The van der Waals surface area contributed by atoms with Gasteiger partial charge in [-0.05, 0) is 31.2 Å². The first-order valence-corrected chi connectivity index (χ1v) is 6.93. The molecule has 2 amide bonds. The second-order valence-electron chi connectivity index (χ2n) is 4.97. The Kier molecular flexibility index (Phi) is 5.09. The van der Waals surface area contributed by atoms with Gasteiger partial charge in [0.05, 0.1) is 0 Å². The Bertz CT molecular complexity index is 711. The van der Waals surface area contributed by atoms with Crippen LogP contribution < -0.4 is 10.6 Å². The zero-order chi connectivity index (χ0) is 16.8. The lowest BCUT2D eigenvalue weighted by Crippen LogP contribution is -2.49. The van der Waals surface area contributed by atoms with Gasteiger partial charge in [0.25, 0.3) is 11.8 Å². The van der Waals surface area contributed by atoms with Crippen LogP contribution >= 0.6 is 0 Å². The van der Waals surface area contributed by atoms with Gasteiger partial charge in [0.15, 0.2) is 0 Å². The summed E-state index contributed by atoms with van der Waals surface area (Å²) in [7, 11) is 0. The van der Waals surface area contributed by atoms with Crippen LogP contribution in [-0.4, -0.2) is 28.9 Å². The Labute approximate surface area is 133 Å². The first-order chi connectivity index (χ1) is 11.0. The number of aliphatic carboxylic acids is 1. The summed E-state index contributed by atoms with van der Waals surface area (Å²) in [5, 5.41) is 13.9. The van der Waals surface area contributed by atoms with Crippen molar-refractivity contribution < 1.29 is 19.5 Å². The summed E-state index contributed by atoms with van der Waals surface area (Å²) in [5.74, 6) is -2.87. The van der Waals surface area contributed by atoms with Crippen molar-refractivity contribution in [1.29, 1.82) is 0 Å².